The summed E-state index contributed by atoms with van der Waals surface area (Å²) in [6.45, 7) is 0.610. The minimum atomic E-state index is -0.232. The zero-order valence-electron chi connectivity index (χ0n) is 10.2. The van der Waals surface area contributed by atoms with E-state index in [0.717, 1.165) is 10.0 Å². The summed E-state index contributed by atoms with van der Waals surface area (Å²) >= 11 is 4.57. The van der Waals surface area contributed by atoms with Crippen molar-refractivity contribution in [1.29, 1.82) is 0 Å². The van der Waals surface area contributed by atoms with Crippen LogP contribution in [0, 0.1) is 0 Å². The first-order valence-electron chi connectivity index (χ1n) is 5.57. The molecule has 0 aliphatic carbocycles. The van der Waals surface area contributed by atoms with Gasteiger partial charge in [0.05, 0.1) is 0 Å². The zero-order valence-corrected chi connectivity index (χ0v) is 12.6. The molecule has 0 unspecified atom stereocenters. The maximum atomic E-state index is 11.7. The number of benzene rings is 1. The van der Waals surface area contributed by atoms with Crippen LogP contribution >= 0.6 is 27.5 Å². The number of aromatic nitrogens is 1. The molecule has 1 aromatic carbocycles. The lowest BCUT2D eigenvalue weighted by Gasteiger charge is -2.06. The van der Waals surface area contributed by atoms with Gasteiger partial charge < -0.3 is 16.4 Å². The highest BCUT2D eigenvalue weighted by Crippen LogP contribution is 2.27. The lowest BCUT2D eigenvalue weighted by atomic mass is 10.2. The highest BCUT2D eigenvalue weighted by molar-refractivity contribution is 9.10. The molecular formula is C12H13BrN4OS. The Morgan fingerprint density at radius 1 is 1.42 bits per heavy atom. The molecule has 1 heterocycles. The number of nitrogens with two attached hydrogens (primary N) is 1. The van der Waals surface area contributed by atoms with E-state index in [1.165, 1.54) is 11.5 Å². The lowest BCUT2D eigenvalue weighted by Crippen LogP contribution is -2.20. The first-order chi connectivity index (χ1) is 9.11. The van der Waals surface area contributed by atoms with Crippen molar-refractivity contribution in [3.8, 4) is 0 Å². The number of amides is 1. The highest BCUT2D eigenvalue weighted by atomic mass is 79.9. The van der Waals surface area contributed by atoms with Gasteiger partial charge in [-0.05, 0) is 29.2 Å². The summed E-state index contributed by atoms with van der Waals surface area (Å²) in [6.07, 6.45) is 0. The second kappa shape index (κ2) is 6.03. The largest absolute Gasteiger partial charge is 0.382 e. The Morgan fingerprint density at radius 3 is 2.74 bits per heavy atom. The third-order valence-electron chi connectivity index (χ3n) is 2.54. The number of carbonyl (C=O) groups excluding carboxylic acids is 1. The molecule has 4 N–H and O–H groups in total. The van der Waals surface area contributed by atoms with Crippen LogP contribution in [0.4, 0.5) is 10.8 Å². The number of nitrogens with zero attached hydrogens (tertiary/aromatic N) is 1. The molecule has 100 valence electrons. The number of hydrogen-bond donors (Lipinski definition) is 3. The molecule has 0 atom stereocenters. The molecule has 0 saturated heterocycles. The van der Waals surface area contributed by atoms with E-state index < -0.39 is 0 Å². The number of nitrogen functional groups attached to an aromatic ring is 1. The van der Waals surface area contributed by atoms with E-state index in [0.29, 0.717) is 17.1 Å². The van der Waals surface area contributed by atoms with E-state index in [2.05, 4.69) is 30.9 Å². The van der Waals surface area contributed by atoms with Gasteiger partial charge in [-0.15, -0.1) is 0 Å². The monoisotopic (exact) mass is 340 g/mol. The SMILES string of the molecule is CNC(=O)c1c(N)nsc1NCc1ccc(Br)cc1. The van der Waals surface area contributed by atoms with Crippen LogP contribution < -0.4 is 16.4 Å². The number of hydrogen-bond acceptors (Lipinski definition) is 5. The summed E-state index contributed by atoms with van der Waals surface area (Å²) in [6, 6.07) is 7.94. The predicted molar refractivity (Wildman–Crippen MR) is 81.4 cm³/mol. The van der Waals surface area contributed by atoms with Gasteiger partial charge in [-0.1, -0.05) is 28.1 Å². The van der Waals surface area contributed by atoms with E-state index in [-0.39, 0.29) is 11.7 Å². The molecule has 0 saturated carbocycles. The average Bonchev–Trinajstić information content (AvgIpc) is 2.78. The molecule has 0 radical (unpaired) electrons. The Hall–Kier alpha value is -1.60. The van der Waals surface area contributed by atoms with Crippen molar-refractivity contribution in [2.45, 2.75) is 6.54 Å². The minimum absolute atomic E-state index is 0.232. The van der Waals surface area contributed by atoms with Crippen LogP contribution in [-0.4, -0.2) is 17.3 Å². The third-order valence-corrected chi connectivity index (χ3v) is 3.89. The Labute approximate surface area is 123 Å². The topological polar surface area (TPSA) is 80.0 Å². The lowest BCUT2D eigenvalue weighted by molar-refractivity contribution is 0.0965. The van der Waals surface area contributed by atoms with E-state index in [1.54, 1.807) is 7.05 Å². The van der Waals surface area contributed by atoms with Gasteiger partial charge in [0.2, 0.25) is 0 Å². The van der Waals surface area contributed by atoms with Crippen LogP contribution in [-0.2, 0) is 6.54 Å². The molecule has 0 fully saturated rings. The number of rotatable bonds is 4. The molecule has 5 nitrogen and oxygen atoms in total. The first-order valence-corrected chi connectivity index (χ1v) is 7.14. The Kier molecular flexibility index (Phi) is 4.39. The maximum absolute atomic E-state index is 11.7. The summed E-state index contributed by atoms with van der Waals surface area (Å²) in [5.41, 5.74) is 7.22. The normalized spacial score (nSPS) is 10.2. The molecular weight excluding hydrogens is 328 g/mol. The number of anilines is 2. The quantitative estimate of drug-likeness (QED) is 0.798. The fourth-order valence-electron chi connectivity index (χ4n) is 1.55. The smallest absolute Gasteiger partial charge is 0.257 e. The summed E-state index contributed by atoms with van der Waals surface area (Å²) in [5, 5.41) is 6.42. The Bertz CT molecular complexity index is 582. The summed E-state index contributed by atoms with van der Waals surface area (Å²) < 4.78 is 5.03. The van der Waals surface area contributed by atoms with Gasteiger partial charge in [0.15, 0.2) is 5.82 Å². The molecule has 2 aromatic rings. The molecule has 0 aliphatic rings. The van der Waals surface area contributed by atoms with Crippen LogP contribution in [0.3, 0.4) is 0 Å². The fourth-order valence-corrected chi connectivity index (χ4v) is 2.52. The molecule has 1 amide bonds. The molecule has 19 heavy (non-hydrogen) atoms. The second-order valence-corrected chi connectivity index (χ2v) is 5.52. The molecule has 7 heteroatoms. The van der Waals surface area contributed by atoms with Crippen molar-refractivity contribution >= 4 is 44.2 Å². The first kappa shape index (κ1) is 13.8. The van der Waals surface area contributed by atoms with Crippen molar-refractivity contribution in [3.05, 3.63) is 39.9 Å². The van der Waals surface area contributed by atoms with Gasteiger partial charge in [-0.3, -0.25) is 4.79 Å². The number of halogens is 1. The van der Waals surface area contributed by atoms with Crippen molar-refractivity contribution in [3.63, 3.8) is 0 Å². The van der Waals surface area contributed by atoms with Crippen LogP contribution in [0.5, 0.6) is 0 Å². The minimum Gasteiger partial charge on any atom is -0.382 e. The van der Waals surface area contributed by atoms with E-state index in [4.69, 9.17) is 5.73 Å². The summed E-state index contributed by atoms with van der Waals surface area (Å²) in [5.74, 6) is 0.0206. The van der Waals surface area contributed by atoms with Crippen LogP contribution in [0.15, 0.2) is 28.7 Å². The van der Waals surface area contributed by atoms with Gasteiger partial charge in [0, 0.05) is 18.1 Å². The third kappa shape index (κ3) is 3.24. The van der Waals surface area contributed by atoms with E-state index in [1.807, 2.05) is 24.3 Å². The van der Waals surface area contributed by atoms with E-state index >= 15 is 0 Å². The zero-order chi connectivity index (χ0) is 13.8. The summed E-state index contributed by atoms with van der Waals surface area (Å²) in [7, 11) is 1.57. The van der Waals surface area contributed by atoms with Gasteiger partial charge in [-0.2, -0.15) is 4.37 Å². The van der Waals surface area contributed by atoms with Crippen molar-refractivity contribution in [1.82, 2.24) is 9.69 Å². The second-order valence-electron chi connectivity index (χ2n) is 3.83. The molecule has 0 spiro atoms. The average molecular weight is 341 g/mol. The number of nitrogens with one attached hydrogen (secondary N) is 2. The number of carbonyl (C=O) groups is 1. The van der Waals surface area contributed by atoms with Crippen LogP contribution in [0.1, 0.15) is 15.9 Å². The summed E-state index contributed by atoms with van der Waals surface area (Å²) in [4.78, 5) is 11.7. The molecule has 0 aliphatic heterocycles. The van der Waals surface area contributed by atoms with Gasteiger partial charge in [0.25, 0.3) is 5.91 Å². The molecule has 1 aromatic heterocycles. The van der Waals surface area contributed by atoms with Crippen molar-refractivity contribution in [2.75, 3.05) is 18.1 Å². The maximum Gasteiger partial charge on any atom is 0.257 e. The van der Waals surface area contributed by atoms with Crippen LogP contribution in [0.2, 0.25) is 0 Å². The molecule has 2 rings (SSSR count). The standard InChI is InChI=1S/C12H13BrN4OS/c1-15-11(18)9-10(14)17-19-12(9)16-6-7-2-4-8(13)5-3-7/h2-5,16H,6H2,1H3,(H2,14,17)(H,15,18). The van der Waals surface area contributed by atoms with Crippen molar-refractivity contribution in [2.24, 2.45) is 0 Å². The fraction of sp³-hybridized carbons (Fsp3) is 0.167. The highest BCUT2D eigenvalue weighted by Gasteiger charge is 2.17. The van der Waals surface area contributed by atoms with Gasteiger partial charge in [-0.25, -0.2) is 0 Å². The Balaban J connectivity index is 2.11. The predicted octanol–water partition coefficient (Wildman–Crippen LogP) is 2.46. The van der Waals surface area contributed by atoms with Gasteiger partial charge in [0.1, 0.15) is 10.6 Å². The van der Waals surface area contributed by atoms with Crippen molar-refractivity contribution < 1.29 is 4.79 Å². The molecule has 0 bridgehead atoms. The van der Waals surface area contributed by atoms with E-state index in [9.17, 15) is 4.79 Å². The van der Waals surface area contributed by atoms with Gasteiger partial charge >= 0.3 is 0 Å². The van der Waals surface area contributed by atoms with Crippen LogP contribution in [0.25, 0.3) is 0 Å². The Morgan fingerprint density at radius 2 is 2.11 bits per heavy atom.